The van der Waals surface area contributed by atoms with E-state index in [-0.39, 0.29) is 23.2 Å². The lowest BCUT2D eigenvalue weighted by Crippen LogP contribution is -2.41. The van der Waals surface area contributed by atoms with Gasteiger partial charge >= 0.3 is 0 Å². The van der Waals surface area contributed by atoms with Crippen molar-refractivity contribution in [2.75, 3.05) is 26.8 Å². The monoisotopic (exact) mass is 373 g/mol. The van der Waals surface area contributed by atoms with Gasteiger partial charge in [0.25, 0.3) is 17.2 Å². The maximum Gasteiger partial charge on any atom is 0.286 e. The lowest BCUT2D eigenvalue weighted by Gasteiger charge is -2.30. The highest BCUT2D eigenvalue weighted by Crippen LogP contribution is 2.26. The molecule has 0 bridgehead atoms. The molecule has 4 heterocycles. The van der Waals surface area contributed by atoms with Gasteiger partial charge in [-0.15, -0.1) is 0 Å². The number of amides is 1. The van der Waals surface area contributed by atoms with Crippen LogP contribution >= 0.6 is 0 Å². The van der Waals surface area contributed by atoms with Crippen LogP contribution in [-0.4, -0.2) is 67.3 Å². The fraction of sp³-hybridized carbons (Fsp3) is 0.500. The van der Waals surface area contributed by atoms with Crippen molar-refractivity contribution in [3.63, 3.8) is 0 Å². The Kier molecular flexibility index (Phi) is 4.67. The van der Waals surface area contributed by atoms with Crippen molar-refractivity contribution in [1.82, 2.24) is 34.6 Å². The molecule has 1 amide bonds. The van der Waals surface area contributed by atoms with E-state index in [9.17, 15) is 9.59 Å². The summed E-state index contributed by atoms with van der Waals surface area (Å²) in [5.74, 6) is 0.904. The van der Waals surface area contributed by atoms with Crippen LogP contribution in [0.4, 0.5) is 0 Å². The zero-order valence-electron chi connectivity index (χ0n) is 14.8. The summed E-state index contributed by atoms with van der Waals surface area (Å²) in [5.41, 5.74) is -0.465. The molecule has 1 N–H and O–H groups in total. The predicted molar refractivity (Wildman–Crippen MR) is 91.4 cm³/mol. The van der Waals surface area contributed by atoms with E-state index in [1.165, 1.54) is 12.5 Å². The third-order valence-electron chi connectivity index (χ3n) is 4.61. The Labute approximate surface area is 153 Å². The summed E-state index contributed by atoms with van der Waals surface area (Å²) in [6, 6.07) is 0. The minimum atomic E-state index is -0.468. The van der Waals surface area contributed by atoms with E-state index in [1.54, 1.807) is 12.0 Å². The Balaban J connectivity index is 1.52. The predicted octanol–water partition coefficient (Wildman–Crippen LogP) is 0.00930. The van der Waals surface area contributed by atoms with Gasteiger partial charge < -0.3 is 14.2 Å². The van der Waals surface area contributed by atoms with Crippen LogP contribution in [0.15, 0.2) is 21.8 Å². The van der Waals surface area contributed by atoms with Crippen LogP contribution in [0.2, 0.25) is 0 Å². The third kappa shape index (κ3) is 3.33. The number of rotatable bonds is 5. The first-order chi connectivity index (χ1) is 13.2. The first kappa shape index (κ1) is 17.3. The van der Waals surface area contributed by atoms with Gasteiger partial charge in [0.15, 0.2) is 5.82 Å². The van der Waals surface area contributed by atoms with Crippen molar-refractivity contribution in [1.29, 1.82) is 0 Å². The fourth-order valence-electron chi connectivity index (χ4n) is 3.21. The number of aromatic nitrogens is 6. The molecule has 1 aliphatic rings. The van der Waals surface area contributed by atoms with Gasteiger partial charge in [0.1, 0.15) is 11.9 Å². The first-order valence-electron chi connectivity index (χ1n) is 8.69. The van der Waals surface area contributed by atoms with E-state index in [0.29, 0.717) is 37.8 Å². The van der Waals surface area contributed by atoms with Crippen molar-refractivity contribution in [3.8, 4) is 0 Å². The largest absolute Gasteiger partial charge is 0.384 e. The fourth-order valence-corrected chi connectivity index (χ4v) is 3.21. The Morgan fingerprint density at radius 2 is 2.33 bits per heavy atom. The highest BCUT2D eigenvalue weighted by molar-refractivity contribution is 5.93. The van der Waals surface area contributed by atoms with Gasteiger partial charge in [0.05, 0.1) is 12.5 Å². The number of nitrogens with zero attached hydrogens (tertiary/aromatic N) is 6. The molecule has 1 saturated heterocycles. The van der Waals surface area contributed by atoms with E-state index < -0.39 is 5.56 Å². The zero-order chi connectivity index (χ0) is 18.8. The number of piperidine rings is 1. The molecule has 1 fully saturated rings. The average Bonchev–Trinajstić information content (AvgIpc) is 3.36. The normalized spacial score (nSPS) is 17.5. The highest BCUT2D eigenvalue weighted by Gasteiger charge is 2.30. The Morgan fingerprint density at radius 3 is 3.19 bits per heavy atom. The number of carbonyl (C=O) groups excluding carboxylic acids is 1. The van der Waals surface area contributed by atoms with Gasteiger partial charge in [0.2, 0.25) is 5.89 Å². The molecule has 0 saturated carbocycles. The number of ether oxygens (including phenoxy) is 1. The highest BCUT2D eigenvalue weighted by atomic mass is 16.5. The summed E-state index contributed by atoms with van der Waals surface area (Å²) < 4.78 is 11.5. The Hall–Kier alpha value is -3.08. The molecule has 0 aromatic carbocycles. The molecule has 1 unspecified atom stereocenters. The molecule has 11 nitrogen and oxygen atoms in total. The smallest absolute Gasteiger partial charge is 0.286 e. The Bertz CT molecular complexity index is 1010. The standard InChI is InChI=1S/C16H19N7O4/c1-26-6-4-12-20-13(27-21-12)10-3-2-5-22(8-10)14(24)11-7-17-16-18-9-19-23(16)15(11)25/h7,9-10H,2-6,8H2,1H3,(H,17,18,19). The molecule has 1 atom stereocenters. The lowest BCUT2D eigenvalue weighted by molar-refractivity contribution is 0.0693. The third-order valence-corrected chi connectivity index (χ3v) is 4.61. The van der Waals surface area contributed by atoms with Gasteiger partial charge in [-0.25, -0.2) is 9.97 Å². The topological polar surface area (TPSA) is 132 Å². The van der Waals surface area contributed by atoms with Crippen LogP contribution in [0.5, 0.6) is 0 Å². The summed E-state index contributed by atoms with van der Waals surface area (Å²) in [7, 11) is 1.61. The maximum atomic E-state index is 12.9. The number of aromatic amines is 1. The van der Waals surface area contributed by atoms with Gasteiger partial charge in [-0.05, 0) is 12.8 Å². The van der Waals surface area contributed by atoms with Gasteiger partial charge in [-0.2, -0.15) is 9.50 Å². The lowest BCUT2D eigenvalue weighted by atomic mass is 9.97. The van der Waals surface area contributed by atoms with Crippen molar-refractivity contribution >= 4 is 11.7 Å². The van der Waals surface area contributed by atoms with E-state index >= 15 is 0 Å². The Morgan fingerprint density at radius 1 is 1.44 bits per heavy atom. The van der Waals surface area contributed by atoms with Crippen molar-refractivity contribution in [3.05, 3.63) is 40.2 Å². The molecule has 1 aliphatic heterocycles. The van der Waals surface area contributed by atoms with E-state index in [4.69, 9.17) is 9.26 Å². The second-order valence-corrected chi connectivity index (χ2v) is 6.38. The number of nitrogens with one attached hydrogen (secondary N) is 1. The minimum Gasteiger partial charge on any atom is -0.384 e. The summed E-state index contributed by atoms with van der Waals surface area (Å²) in [6.45, 7) is 1.49. The second-order valence-electron chi connectivity index (χ2n) is 6.38. The van der Waals surface area contributed by atoms with Crippen LogP contribution in [0.3, 0.4) is 0 Å². The number of H-pyrrole nitrogens is 1. The van der Waals surface area contributed by atoms with Crippen LogP contribution < -0.4 is 5.56 Å². The molecule has 27 heavy (non-hydrogen) atoms. The van der Waals surface area contributed by atoms with E-state index in [2.05, 4.69) is 25.2 Å². The molecule has 4 rings (SSSR count). The number of fused-ring (bicyclic) bond motifs is 1. The van der Waals surface area contributed by atoms with Crippen LogP contribution in [0, 0.1) is 0 Å². The number of methoxy groups -OCH3 is 1. The van der Waals surface area contributed by atoms with Crippen LogP contribution in [-0.2, 0) is 11.2 Å². The van der Waals surface area contributed by atoms with Gasteiger partial charge in [-0.3, -0.25) is 14.7 Å². The molecule has 3 aromatic heterocycles. The van der Waals surface area contributed by atoms with Crippen LogP contribution in [0.1, 0.15) is 40.8 Å². The number of carbonyl (C=O) groups is 1. The molecule has 0 spiro atoms. The number of hydrogen-bond donors (Lipinski definition) is 1. The number of likely N-dealkylation sites (tertiary alicyclic amines) is 1. The SMILES string of the molecule is COCCc1noc(C2CCCN(C(=O)c3cnc4nc[nH]n4c3=O)C2)n1. The summed E-state index contributed by atoms with van der Waals surface area (Å²) in [5, 5.41) is 6.61. The summed E-state index contributed by atoms with van der Waals surface area (Å²) in [6.07, 6.45) is 4.83. The first-order valence-corrected chi connectivity index (χ1v) is 8.69. The quantitative estimate of drug-likeness (QED) is 0.661. The summed E-state index contributed by atoms with van der Waals surface area (Å²) in [4.78, 5) is 39.3. The number of hydrogen-bond acceptors (Lipinski definition) is 8. The molecule has 3 aromatic rings. The molecule has 142 valence electrons. The molecule has 11 heteroatoms. The summed E-state index contributed by atoms with van der Waals surface area (Å²) >= 11 is 0. The minimum absolute atomic E-state index is 0.00344. The van der Waals surface area contributed by atoms with Crippen molar-refractivity contribution in [2.45, 2.75) is 25.2 Å². The molecular weight excluding hydrogens is 354 g/mol. The van der Waals surface area contributed by atoms with Crippen LogP contribution in [0.25, 0.3) is 5.78 Å². The van der Waals surface area contributed by atoms with Gasteiger partial charge in [0, 0.05) is 32.8 Å². The molecule has 0 aliphatic carbocycles. The zero-order valence-corrected chi connectivity index (χ0v) is 14.8. The molecule has 0 radical (unpaired) electrons. The van der Waals surface area contributed by atoms with E-state index in [0.717, 1.165) is 17.4 Å². The molecular formula is C16H19N7O4. The van der Waals surface area contributed by atoms with E-state index in [1.807, 2.05) is 0 Å². The van der Waals surface area contributed by atoms with Gasteiger partial charge in [-0.1, -0.05) is 5.16 Å². The maximum absolute atomic E-state index is 12.9. The second kappa shape index (κ2) is 7.27. The average molecular weight is 373 g/mol. The van der Waals surface area contributed by atoms with Crippen molar-refractivity contribution in [2.24, 2.45) is 0 Å². The van der Waals surface area contributed by atoms with Crippen molar-refractivity contribution < 1.29 is 14.1 Å².